The predicted octanol–water partition coefficient (Wildman–Crippen LogP) is 6.17. The zero-order valence-corrected chi connectivity index (χ0v) is 16.8. The molecule has 0 saturated carbocycles. The first-order chi connectivity index (χ1) is 12.5. The van der Waals surface area contributed by atoms with Crippen molar-refractivity contribution in [1.82, 2.24) is 9.97 Å². The molecule has 0 radical (unpaired) electrons. The van der Waals surface area contributed by atoms with Gasteiger partial charge in [-0.15, -0.1) is 0 Å². The summed E-state index contributed by atoms with van der Waals surface area (Å²) in [6.07, 6.45) is 1.01. The van der Waals surface area contributed by atoms with Gasteiger partial charge in [-0.05, 0) is 53.9 Å². The Hall–Kier alpha value is -2.40. The van der Waals surface area contributed by atoms with Crippen molar-refractivity contribution in [2.45, 2.75) is 33.2 Å². The maximum absolute atomic E-state index is 4.70. The van der Waals surface area contributed by atoms with Crippen LogP contribution in [0.2, 0.25) is 0 Å². The fourth-order valence-electron chi connectivity index (χ4n) is 2.51. The molecule has 3 aromatic rings. The van der Waals surface area contributed by atoms with Crippen molar-refractivity contribution >= 4 is 33.4 Å². The van der Waals surface area contributed by atoms with Crippen LogP contribution < -0.4 is 10.6 Å². The Morgan fingerprint density at radius 2 is 1.81 bits per heavy atom. The molecule has 0 aliphatic rings. The van der Waals surface area contributed by atoms with E-state index < -0.39 is 0 Å². The van der Waals surface area contributed by atoms with E-state index in [0.29, 0.717) is 12.0 Å². The Bertz CT molecular complexity index is 880. The molecule has 4 nitrogen and oxygen atoms in total. The summed E-state index contributed by atoms with van der Waals surface area (Å²) in [5.74, 6) is 1.39. The number of hydrogen-bond acceptors (Lipinski definition) is 4. The molecule has 3 rings (SSSR count). The highest BCUT2D eigenvalue weighted by Gasteiger charge is 2.10. The Kier molecular flexibility index (Phi) is 5.89. The van der Waals surface area contributed by atoms with Crippen LogP contribution in [-0.4, -0.2) is 16.0 Å². The molecule has 0 unspecified atom stereocenters. The van der Waals surface area contributed by atoms with Crippen LogP contribution in [0.4, 0.5) is 17.5 Å². The van der Waals surface area contributed by atoms with E-state index in [1.54, 1.807) is 0 Å². The summed E-state index contributed by atoms with van der Waals surface area (Å²) < 4.78 is 1.01. The van der Waals surface area contributed by atoms with Crippen LogP contribution in [0.1, 0.15) is 25.8 Å². The minimum absolute atomic E-state index is 0.306. The normalized spacial score (nSPS) is 11.8. The molecule has 134 valence electrons. The van der Waals surface area contributed by atoms with Gasteiger partial charge in [0.25, 0.3) is 0 Å². The number of halogens is 1. The number of benzene rings is 2. The highest BCUT2D eigenvalue weighted by molar-refractivity contribution is 9.10. The van der Waals surface area contributed by atoms with Crippen molar-refractivity contribution in [3.05, 3.63) is 64.6 Å². The van der Waals surface area contributed by atoms with Gasteiger partial charge in [0.15, 0.2) is 0 Å². The summed E-state index contributed by atoms with van der Waals surface area (Å²) >= 11 is 3.62. The van der Waals surface area contributed by atoms with Crippen LogP contribution in [0.3, 0.4) is 0 Å². The van der Waals surface area contributed by atoms with E-state index >= 15 is 0 Å². The van der Waals surface area contributed by atoms with E-state index in [9.17, 15) is 0 Å². The van der Waals surface area contributed by atoms with Crippen LogP contribution in [0.15, 0.2) is 59.1 Å². The maximum atomic E-state index is 4.70. The van der Waals surface area contributed by atoms with Gasteiger partial charge in [-0.1, -0.05) is 43.3 Å². The first-order valence-corrected chi connectivity index (χ1v) is 9.58. The van der Waals surface area contributed by atoms with Crippen LogP contribution in [-0.2, 0) is 0 Å². The lowest BCUT2D eigenvalue weighted by atomic mass is 10.1. The Labute approximate surface area is 163 Å². The fraction of sp³-hybridized carbons (Fsp3) is 0.238. The van der Waals surface area contributed by atoms with Gasteiger partial charge in [-0.2, -0.15) is 4.98 Å². The monoisotopic (exact) mass is 410 g/mol. The number of aryl methyl sites for hydroxylation is 1. The van der Waals surface area contributed by atoms with Gasteiger partial charge in [-0.3, -0.25) is 0 Å². The van der Waals surface area contributed by atoms with Crippen molar-refractivity contribution in [3.63, 3.8) is 0 Å². The molecule has 0 bridgehead atoms. The van der Waals surface area contributed by atoms with Crippen molar-refractivity contribution in [2.24, 2.45) is 0 Å². The smallest absolute Gasteiger partial charge is 0.225 e. The standard InChI is InChI=1S/C21H23BrN4/c1-4-15(3)23-21-25-19(16-8-6-5-7-9-16)13-20(26-21)24-18-11-10-14(2)12-17(18)22/h5-13,15H,4H2,1-3H3,(H2,23,24,25,26)/t15-/m1/s1. The van der Waals surface area contributed by atoms with E-state index in [1.807, 2.05) is 30.3 Å². The third-order valence-corrected chi connectivity index (χ3v) is 4.83. The number of nitrogens with one attached hydrogen (secondary N) is 2. The molecule has 2 aromatic carbocycles. The lowest BCUT2D eigenvalue weighted by molar-refractivity contribution is 0.753. The van der Waals surface area contributed by atoms with Gasteiger partial charge in [0.05, 0.1) is 11.4 Å². The zero-order chi connectivity index (χ0) is 18.5. The first kappa shape index (κ1) is 18.4. The largest absolute Gasteiger partial charge is 0.352 e. The van der Waals surface area contributed by atoms with Gasteiger partial charge in [0.1, 0.15) is 5.82 Å². The molecule has 1 aromatic heterocycles. The molecule has 0 aliphatic carbocycles. The minimum atomic E-state index is 0.306. The van der Waals surface area contributed by atoms with Crippen LogP contribution in [0.5, 0.6) is 0 Å². The fourth-order valence-corrected chi connectivity index (χ4v) is 3.11. The highest BCUT2D eigenvalue weighted by Crippen LogP contribution is 2.28. The first-order valence-electron chi connectivity index (χ1n) is 8.79. The molecular formula is C21H23BrN4. The van der Waals surface area contributed by atoms with Crippen molar-refractivity contribution in [2.75, 3.05) is 10.6 Å². The molecular weight excluding hydrogens is 388 g/mol. The SMILES string of the molecule is CC[C@@H](C)Nc1nc(Nc2ccc(C)cc2Br)cc(-c2ccccc2)n1. The third kappa shape index (κ3) is 4.61. The van der Waals surface area contributed by atoms with E-state index in [-0.39, 0.29) is 0 Å². The van der Waals surface area contributed by atoms with Gasteiger partial charge in [0.2, 0.25) is 5.95 Å². The highest BCUT2D eigenvalue weighted by atomic mass is 79.9. The molecule has 26 heavy (non-hydrogen) atoms. The Balaban J connectivity index is 1.98. The van der Waals surface area contributed by atoms with Gasteiger partial charge in [0, 0.05) is 22.1 Å². The number of nitrogens with zero attached hydrogens (tertiary/aromatic N) is 2. The minimum Gasteiger partial charge on any atom is -0.352 e. The second-order valence-corrected chi connectivity index (χ2v) is 7.24. The molecule has 1 heterocycles. The van der Waals surface area contributed by atoms with Crippen LogP contribution >= 0.6 is 15.9 Å². The van der Waals surface area contributed by atoms with E-state index in [2.05, 4.69) is 76.6 Å². The van der Waals surface area contributed by atoms with E-state index in [0.717, 1.165) is 33.7 Å². The molecule has 0 aliphatic heterocycles. The van der Waals surface area contributed by atoms with Gasteiger partial charge >= 0.3 is 0 Å². The quantitative estimate of drug-likeness (QED) is 0.509. The topological polar surface area (TPSA) is 49.8 Å². The summed E-state index contributed by atoms with van der Waals surface area (Å²) in [4.78, 5) is 9.35. The summed E-state index contributed by atoms with van der Waals surface area (Å²) in [6, 6.07) is 18.6. The molecule has 0 amide bonds. The average molecular weight is 411 g/mol. The summed E-state index contributed by atoms with van der Waals surface area (Å²) in [6.45, 7) is 6.34. The van der Waals surface area contributed by atoms with Gasteiger partial charge < -0.3 is 10.6 Å². The average Bonchev–Trinajstić information content (AvgIpc) is 2.64. The number of hydrogen-bond donors (Lipinski definition) is 2. The molecule has 5 heteroatoms. The number of aromatic nitrogens is 2. The van der Waals surface area contributed by atoms with Crippen LogP contribution in [0.25, 0.3) is 11.3 Å². The summed E-state index contributed by atoms with van der Waals surface area (Å²) in [5, 5.41) is 6.78. The second kappa shape index (κ2) is 8.32. The van der Waals surface area contributed by atoms with Crippen LogP contribution in [0, 0.1) is 6.92 Å². The number of anilines is 3. The number of rotatable bonds is 6. The Morgan fingerprint density at radius 3 is 2.50 bits per heavy atom. The lowest BCUT2D eigenvalue weighted by Gasteiger charge is -2.15. The van der Waals surface area contributed by atoms with Crippen molar-refractivity contribution < 1.29 is 0 Å². The Morgan fingerprint density at radius 1 is 1.04 bits per heavy atom. The molecule has 1 atom stereocenters. The van der Waals surface area contributed by atoms with Crippen molar-refractivity contribution in [3.8, 4) is 11.3 Å². The summed E-state index contributed by atoms with van der Waals surface area (Å²) in [7, 11) is 0. The molecule has 0 saturated heterocycles. The second-order valence-electron chi connectivity index (χ2n) is 6.39. The van der Waals surface area contributed by atoms with Gasteiger partial charge in [-0.25, -0.2) is 4.98 Å². The lowest BCUT2D eigenvalue weighted by Crippen LogP contribution is -2.16. The third-order valence-electron chi connectivity index (χ3n) is 4.17. The van der Waals surface area contributed by atoms with Crippen molar-refractivity contribution in [1.29, 1.82) is 0 Å². The molecule has 0 spiro atoms. The molecule has 0 fully saturated rings. The maximum Gasteiger partial charge on any atom is 0.225 e. The molecule has 2 N–H and O–H groups in total. The summed E-state index contributed by atoms with van der Waals surface area (Å²) in [5.41, 5.74) is 4.13. The zero-order valence-electron chi connectivity index (χ0n) is 15.3. The predicted molar refractivity (Wildman–Crippen MR) is 113 cm³/mol. The van der Waals surface area contributed by atoms with E-state index in [4.69, 9.17) is 4.98 Å². The van der Waals surface area contributed by atoms with E-state index in [1.165, 1.54) is 5.56 Å².